The van der Waals surface area contributed by atoms with Gasteiger partial charge in [0.15, 0.2) is 0 Å². The van der Waals surface area contributed by atoms with Crippen LogP contribution in [-0.2, 0) is 6.18 Å². The molecule has 0 spiro atoms. The van der Waals surface area contributed by atoms with Crippen molar-refractivity contribution in [3.63, 3.8) is 0 Å². The molecule has 11 heteroatoms. The molecular weight excluding hydrogens is 495 g/mol. The van der Waals surface area contributed by atoms with Crippen LogP contribution >= 0.6 is 11.6 Å². The summed E-state index contributed by atoms with van der Waals surface area (Å²) in [6.45, 7) is 2.37. The third kappa shape index (κ3) is 6.25. The topological polar surface area (TPSA) is 77.6 Å². The number of urea groups is 1. The lowest BCUT2D eigenvalue weighted by molar-refractivity contribution is -0.137. The normalized spacial score (nSPS) is 14.2. The van der Waals surface area contributed by atoms with E-state index < -0.39 is 17.8 Å². The molecule has 36 heavy (non-hydrogen) atoms. The Morgan fingerprint density at radius 2 is 1.67 bits per heavy atom. The summed E-state index contributed by atoms with van der Waals surface area (Å²) in [7, 11) is 0. The number of nitrogens with zero attached hydrogens (tertiary/aromatic N) is 3. The van der Waals surface area contributed by atoms with E-state index in [0.29, 0.717) is 48.3 Å². The molecule has 188 valence electrons. The number of alkyl halides is 3. The number of benzene rings is 2. The van der Waals surface area contributed by atoms with Gasteiger partial charge in [-0.15, -0.1) is 0 Å². The molecule has 1 aromatic heterocycles. The Morgan fingerprint density at radius 1 is 0.889 bits per heavy atom. The first-order chi connectivity index (χ1) is 17.2. The van der Waals surface area contributed by atoms with E-state index in [1.165, 1.54) is 18.3 Å². The van der Waals surface area contributed by atoms with Crippen molar-refractivity contribution in [3.05, 3.63) is 83.0 Å². The molecule has 1 aliphatic rings. The van der Waals surface area contributed by atoms with Crippen LogP contribution in [0.15, 0.2) is 66.9 Å². The van der Waals surface area contributed by atoms with Crippen molar-refractivity contribution in [3.8, 4) is 0 Å². The van der Waals surface area contributed by atoms with Gasteiger partial charge in [-0.3, -0.25) is 4.79 Å². The number of aromatic nitrogens is 1. The predicted molar refractivity (Wildman–Crippen MR) is 133 cm³/mol. The van der Waals surface area contributed by atoms with Crippen molar-refractivity contribution >= 4 is 40.7 Å². The number of anilines is 3. The largest absolute Gasteiger partial charge is 0.416 e. The second-order valence-corrected chi connectivity index (χ2v) is 8.58. The monoisotopic (exact) mass is 517 g/mol. The van der Waals surface area contributed by atoms with E-state index >= 15 is 0 Å². The summed E-state index contributed by atoms with van der Waals surface area (Å²) >= 11 is 6.18. The molecule has 2 aromatic carbocycles. The highest BCUT2D eigenvalue weighted by Gasteiger charge is 2.30. The second kappa shape index (κ2) is 10.9. The number of pyridine rings is 1. The van der Waals surface area contributed by atoms with E-state index in [-0.39, 0.29) is 11.6 Å². The Morgan fingerprint density at radius 3 is 2.39 bits per heavy atom. The summed E-state index contributed by atoms with van der Waals surface area (Å²) in [5, 5.41) is 5.37. The van der Waals surface area contributed by atoms with Gasteiger partial charge in [0, 0.05) is 31.9 Å². The molecular formula is C25H23ClF3N5O2. The number of halogens is 4. The zero-order valence-electron chi connectivity index (χ0n) is 19.1. The molecule has 2 heterocycles. The van der Waals surface area contributed by atoms with Crippen LogP contribution in [0.1, 0.15) is 22.3 Å². The minimum atomic E-state index is -4.50. The number of amides is 3. The van der Waals surface area contributed by atoms with Gasteiger partial charge in [-0.05, 0) is 48.9 Å². The van der Waals surface area contributed by atoms with Crippen LogP contribution in [0.25, 0.3) is 0 Å². The average Bonchev–Trinajstić information content (AvgIpc) is 3.10. The number of nitrogens with one attached hydrogen (secondary N) is 2. The van der Waals surface area contributed by atoms with Gasteiger partial charge >= 0.3 is 12.2 Å². The molecule has 0 radical (unpaired) electrons. The quantitative estimate of drug-likeness (QED) is 0.462. The van der Waals surface area contributed by atoms with Gasteiger partial charge in [-0.2, -0.15) is 13.2 Å². The maximum Gasteiger partial charge on any atom is 0.416 e. The number of carbonyl (C=O) groups is 2. The summed E-state index contributed by atoms with van der Waals surface area (Å²) in [6, 6.07) is 14.1. The highest BCUT2D eigenvalue weighted by atomic mass is 35.5. The fourth-order valence-corrected chi connectivity index (χ4v) is 4.08. The fraction of sp³-hybridized carbons (Fsp3) is 0.240. The van der Waals surface area contributed by atoms with Crippen molar-refractivity contribution in [1.29, 1.82) is 0 Å². The fourth-order valence-electron chi connectivity index (χ4n) is 3.87. The lowest BCUT2D eigenvalue weighted by Gasteiger charge is -2.23. The third-order valence-corrected chi connectivity index (χ3v) is 5.99. The van der Waals surface area contributed by atoms with Crippen molar-refractivity contribution in [2.75, 3.05) is 41.7 Å². The average molecular weight is 518 g/mol. The van der Waals surface area contributed by atoms with Gasteiger partial charge in [-0.25, -0.2) is 9.78 Å². The third-order valence-electron chi connectivity index (χ3n) is 5.66. The molecule has 4 rings (SSSR count). The van der Waals surface area contributed by atoms with Crippen LogP contribution < -0.4 is 15.5 Å². The Kier molecular flexibility index (Phi) is 7.64. The van der Waals surface area contributed by atoms with E-state index in [2.05, 4.69) is 15.6 Å². The van der Waals surface area contributed by atoms with Crippen LogP contribution in [0.2, 0.25) is 5.02 Å². The van der Waals surface area contributed by atoms with Gasteiger partial charge in [0.1, 0.15) is 5.82 Å². The van der Waals surface area contributed by atoms with Crippen molar-refractivity contribution in [2.45, 2.75) is 12.6 Å². The van der Waals surface area contributed by atoms with Crippen molar-refractivity contribution < 1.29 is 22.8 Å². The summed E-state index contributed by atoms with van der Waals surface area (Å²) in [5.74, 6) is 0.576. The maximum atomic E-state index is 12.9. The summed E-state index contributed by atoms with van der Waals surface area (Å²) < 4.78 is 38.6. The van der Waals surface area contributed by atoms with Gasteiger partial charge in [0.25, 0.3) is 5.91 Å². The van der Waals surface area contributed by atoms with Gasteiger partial charge in [-0.1, -0.05) is 29.8 Å². The zero-order chi connectivity index (χ0) is 25.7. The van der Waals surface area contributed by atoms with Crippen LogP contribution in [0, 0.1) is 0 Å². The zero-order valence-corrected chi connectivity index (χ0v) is 19.8. The summed E-state index contributed by atoms with van der Waals surface area (Å²) in [4.78, 5) is 33.3. The molecule has 2 N–H and O–H groups in total. The molecule has 1 fully saturated rings. The predicted octanol–water partition coefficient (Wildman–Crippen LogP) is 5.75. The molecule has 7 nitrogen and oxygen atoms in total. The molecule has 0 atom stereocenters. The van der Waals surface area contributed by atoms with E-state index in [1.54, 1.807) is 41.3 Å². The number of hydrogen-bond donors (Lipinski definition) is 2. The minimum absolute atomic E-state index is 0.0207. The lowest BCUT2D eigenvalue weighted by atomic mass is 10.2. The van der Waals surface area contributed by atoms with Gasteiger partial charge in [0.05, 0.1) is 28.0 Å². The second-order valence-electron chi connectivity index (χ2n) is 8.18. The summed E-state index contributed by atoms with van der Waals surface area (Å²) in [5.41, 5.74) is 0.0291. The molecule has 0 bridgehead atoms. The summed E-state index contributed by atoms with van der Waals surface area (Å²) in [6.07, 6.45) is -2.28. The first kappa shape index (κ1) is 25.3. The maximum absolute atomic E-state index is 12.9. The molecule has 0 saturated carbocycles. The molecule has 0 aliphatic carbocycles. The van der Waals surface area contributed by atoms with Gasteiger partial charge < -0.3 is 20.4 Å². The van der Waals surface area contributed by atoms with E-state index in [4.69, 9.17) is 11.6 Å². The smallest absolute Gasteiger partial charge is 0.355 e. The first-order valence-electron chi connectivity index (χ1n) is 11.2. The molecule has 1 saturated heterocycles. The molecule has 3 aromatic rings. The molecule has 1 aliphatic heterocycles. The van der Waals surface area contributed by atoms with Crippen LogP contribution in [0.4, 0.5) is 35.2 Å². The van der Waals surface area contributed by atoms with Crippen molar-refractivity contribution in [2.24, 2.45) is 0 Å². The van der Waals surface area contributed by atoms with E-state index in [9.17, 15) is 22.8 Å². The lowest BCUT2D eigenvalue weighted by Crippen LogP contribution is -2.35. The highest BCUT2D eigenvalue weighted by Crippen LogP contribution is 2.30. The Hall–Kier alpha value is -3.79. The SMILES string of the molecule is O=C(Nc1ccc(N2CCCN(C(=O)c3ccccc3Cl)CC2)nc1)Nc1cccc(C(F)(F)F)c1. The molecule has 0 unspecified atom stereocenters. The van der Waals surface area contributed by atoms with Crippen LogP contribution in [-0.4, -0.2) is 48.0 Å². The van der Waals surface area contributed by atoms with Crippen LogP contribution in [0.3, 0.4) is 0 Å². The Balaban J connectivity index is 1.33. The minimum Gasteiger partial charge on any atom is -0.355 e. The number of carbonyl (C=O) groups excluding carboxylic acids is 2. The van der Waals surface area contributed by atoms with Crippen molar-refractivity contribution in [1.82, 2.24) is 9.88 Å². The number of rotatable bonds is 4. The highest BCUT2D eigenvalue weighted by molar-refractivity contribution is 6.33. The Labute approximate surface area is 210 Å². The standard InChI is InChI=1S/C25H23ClF3N5O2/c26-21-8-2-1-7-20(21)23(35)34-12-4-11-33(13-14-34)22-10-9-19(16-30-22)32-24(36)31-18-6-3-5-17(15-18)25(27,28)29/h1-3,5-10,15-16H,4,11-14H2,(H2,31,32,36). The van der Waals surface area contributed by atoms with Gasteiger partial charge in [0.2, 0.25) is 0 Å². The Bertz CT molecular complexity index is 1240. The number of hydrogen-bond acceptors (Lipinski definition) is 4. The van der Waals surface area contributed by atoms with Crippen LogP contribution in [0.5, 0.6) is 0 Å². The van der Waals surface area contributed by atoms with E-state index in [0.717, 1.165) is 18.6 Å². The van der Waals surface area contributed by atoms with E-state index in [1.807, 2.05) is 4.90 Å². The first-order valence-corrected chi connectivity index (χ1v) is 11.6. The molecule has 3 amide bonds.